The first-order chi connectivity index (χ1) is 9.78. The molecule has 0 spiro atoms. The maximum absolute atomic E-state index is 10.0. The molecular formula is C14H18N4O2. The predicted molar refractivity (Wildman–Crippen MR) is 73.3 cm³/mol. The van der Waals surface area contributed by atoms with Crippen molar-refractivity contribution < 1.29 is 9.84 Å². The number of tetrazole rings is 1. The summed E-state index contributed by atoms with van der Waals surface area (Å²) in [5, 5.41) is 22.6. The molecule has 1 heterocycles. The Hall–Kier alpha value is -1.95. The maximum atomic E-state index is 10.0. The van der Waals surface area contributed by atoms with Crippen LogP contribution in [0.25, 0.3) is 11.4 Å². The van der Waals surface area contributed by atoms with Gasteiger partial charge in [0.2, 0.25) is 5.82 Å². The highest BCUT2D eigenvalue weighted by Crippen LogP contribution is 2.28. The number of rotatable bonds is 3. The van der Waals surface area contributed by atoms with Crippen LogP contribution in [0.15, 0.2) is 24.3 Å². The van der Waals surface area contributed by atoms with E-state index in [0.29, 0.717) is 5.82 Å². The van der Waals surface area contributed by atoms with E-state index in [1.54, 1.807) is 11.9 Å². The topological polar surface area (TPSA) is 73.1 Å². The normalized spacial score (nSPS) is 22.7. The second-order valence-electron chi connectivity index (χ2n) is 5.08. The van der Waals surface area contributed by atoms with Crippen LogP contribution in [0.1, 0.15) is 31.7 Å². The van der Waals surface area contributed by atoms with Gasteiger partial charge >= 0.3 is 0 Å². The van der Waals surface area contributed by atoms with Gasteiger partial charge in [-0.25, -0.2) is 0 Å². The molecule has 0 amide bonds. The molecule has 1 aliphatic carbocycles. The third kappa shape index (κ3) is 2.51. The van der Waals surface area contributed by atoms with Crippen molar-refractivity contribution in [3.8, 4) is 17.1 Å². The van der Waals surface area contributed by atoms with Crippen LogP contribution < -0.4 is 4.74 Å². The van der Waals surface area contributed by atoms with Gasteiger partial charge in [-0.05, 0) is 30.2 Å². The number of aliphatic hydroxyl groups excluding tert-OH is 1. The molecule has 0 aliphatic heterocycles. The number of hydrogen-bond donors (Lipinski definition) is 1. The summed E-state index contributed by atoms with van der Waals surface area (Å²) in [4.78, 5) is 1.55. The molecule has 1 aliphatic rings. The molecular weight excluding hydrogens is 256 g/mol. The highest BCUT2D eigenvalue weighted by atomic mass is 16.5. The smallest absolute Gasteiger partial charge is 0.205 e. The molecule has 2 atom stereocenters. The Kier molecular flexibility index (Phi) is 3.64. The molecule has 0 saturated heterocycles. The monoisotopic (exact) mass is 274 g/mol. The van der Waals surface area contributed by atoms with E-state index in [4.69, 9.17) is 4.74 Å². The van der Waals surface area contributed by atoms with Gasteiger partial charge in [0.25, 0.3) is 0 Å². The van der Waals surface area contributed by atoms with Crippen molar-refractivity contribution in [2.45, 2.75) is 37.8 Å². The third-order valence-electron chi connectivity index (χ3n) is 3.75. The van der Waals surface area contributed by atoms with Crippen LogP contribution in [0.4, 0.5) is 0 Å². The van der Waals surface area contributed by atoms with Crippen LogP contribution >= 0.6 is 0 Å². The first kappa shape index (κ1) is 13.1. The number of aromatic nitrogens is 4. The molecule has 20 heavy (non-hydrogen) atoms. The first-order valence-electron chi connectivity index (χ1n) is 6.90. The van der Waals surface area contributed by atoms with Crippen molar-refractivity contribution in [3.63, 3.8) is 0 Å². The minimum Gasteiger partial charge on any atom is -0.497 e. The van der Waals surface area contributed by atoms with Gasteiger partial charge in [-0.1, -0.05) is 25.0 Å². The second-order valence-corrected chi connectivity index (χ2v) is 5.08. The van der Waals surface area contributed by atoms with E-state index in [2.05, 4.69) is 15.4 Å². The molecule has 1 N–H and O–H groups in total. The fraction of sp³-hybridized carbons (Fsp3) is 0.500. The van der Waals surface area contributed by atoms with Crippen molar-refractivity contribution in [1.82, 2.24) is 20.2 Å². The van der Waals surface area contributed by atoms with E-state index in [0.717, 1.165) is 37.0 Å². The average Bonchev–Trinajstić information content (AvgIpc) is 2.97. The van der Waals surface area contributed by atoms with E-state index >= 15 is 0 Å². The lowest BCUT2D eigenvalue weighted by molar-refractivity contribution is 0.0614. The maximum Gasteiger partial charge on any atom is 0.205 e. The third-order valence-corrected chi connectivity index (χ3v) is 3.75. The number of hydrogen-bond acceptors (Lipinski definition) is 5. The molecule has 1 fully saturated rings. The summed E-state index contributed by atoms with van der Waals surface area (Å²) in [7, 11) is 1.63. The number of benzene rings is 1. The Morgan fingerprint density at radius 3 is 2.95 bits per heavy atom. The van der Waals surface area contributed by atoms with Crippen LogP contribution in [-0.2, 0) is 0 Å². The summed E-state index contributed by atoms with van der Waals surface area (Å²) < 4.78 is 5.19. The van der Waals surface area contributed by atoms with Crippen LogP contribution in [0, 0.1) is 0 Å². The lowest BCUT2D eigenvalue weighted by Gasteiger charge is -2.25. The van der Waals surface area contributed by atoms with Gasteiger partial charge in [0.05, 0.1) is 19.3 Å². The minimum atomic E-state index is -0.379. The molecule has 2 aromatic rings. The quantitative estimate of drug-likeness (QED) is 0.924. The Balaban J connectivity index is 1.85. The van der Waals surface area contributed by atoms with E-state index in [-0.39, 0.29) is 12.1 Å². The summed E-state index contributed by atoms with van der Waals surface area (Å²) >= 11 is 0. The summed E-state index contributed by atoms with van der Waals surface area (Å²) in [6, 6.07) is 7.50. The molecule has 0 radical (unpaired) electrons. The van der Waals surface area contributed by atoms with Crippen LogP contribution in [0.3, 0.4) is 0 Å². The predicted octanol–water partition coefficient (Wildman–Crippen LogP) is 1.82. The molecule has 6 nitrogen and oxygen atoms in total. The van der Waals surface area contributed by atoms with Crippen LogP contribution in [0.5, 0.6) is 5.75 Å². The van der Waals surface area contributed by atoms with E-state index in [1.165, 1.54) is 0 Å². The standard InChI is InChI=1S/C14H18N4O2/c1-20-11-6-4-5-10(9-11)14-15-17-18(16-14)12-7-2-3-8-13(12)19/h4-6,9,12-13,19H,2-3,7-8H2,1H3/t12-,13+/m1/s1. The number of nitrogens with zero attached hydrogens (tertiary/aromatic N) is 4. The summed E-state index contributed by atoms with van der Waals surface area (Å²) in [5.74, 6) is 1.32. The van der Waals surface area contributed by atoms with Crippen LogP contribution in [-0.4, -0.2) is 38.5 Å². The Bertz CT molecular complexity index is 584. The number of ether oxygens (including phenoxy) is 1. The fourth-order valence-electron chi connectivity index (χ4n) is 2.60. The molecule has 1 saturated carbocycles. The first-order valence-corrected chi connectivity index (χ1v) is 6.90. The van der Waals surface area contributed by atoms with Gasteiger partial charge in [-0.15, -0.1) is 10.2 Å². The van der Waals surface area contributed by atoms with Gasteiger partial charge < -0.3 is 9.84 Å². The Morgan fingerprint density at radius 2 is 2.15 bits per heavy atom. The number of methoxy groups -OCH3 is 1. The highest BCUT2D eigenvalue weighted by Gasteiger charge is 2.26. The van der Waals surface area contributed by atoms with E-state index in [9.17, 15) is 5.11 Å². The fourth-order valence-corrected chi connectivity index (χ4v) is 2.60. The summed E-state index contributed by atoms with van der Waals surface area (Å²) in [6.45, 7) is 0. The lowest BCUT2D eigenvalue weighted by atomic mass is 9.93. The zero-order valence-corrected chi connectivity index (χ0v) is 11.4. The summed E-state index contributed by atoms with van der Waals surface area (Å²) in [6.07, 6.45) is 3.49. The minimum absolute atomic E-state index is 0.0596. The SMILES string of the molecule is COc1cccc(-c2nnn([C@@H]3CCCC[C@@H]3O)n2)c1. The molecule has 106 valence electrons. The van der Waals surface area contributed by atoms with Crippen molar-refractivity contribution in [2.24, 2.45) is 0 Å². The Morgan fingerprint density at radius 1 is 1.30 bits per heavy atom. The lowest BCUT2D eigenvalue weighted by Crippen LogP contribution is -2.29. The summed E-state index contributed by atoms with van der Waals surface area (Å²) in [5.41, 5.74) is 0.862. The van der Waals surface area contributed by atoms with Gasteiger partial charge in [0, 0.05) is 5.56 Å². The molecule has 1 aromatic heterocycles. The molecule has 1 aromatic carbocycles. The van der Waals surface area contributed by atoms with Crippen molar-refractivity contribution >= 4 is 0 Å². The van der Waals surface area contributed by atoms with E-state index in [1.807, 2.05) is 24.3 Å². The zero-order valence-electron chi connectivity index (χ0n) is 11.4. The van der Waals surface area contributed by atoms with E-state index < -0.39 is 0 Å². The molecule has 3 rings (SSSR count). The van der Waals surface area contributed by atoms with Gasteiger partial charge in [0.15, 0.2) is 0 Å². The van der Waals surface area contributed by atoms with Crippen molar-refractivity contribution in [2.75, 3.05) is 7.11 Å². The van der Waals surface area contributed by atoms with Gasteiger partial charge in [-0.3, -0.25) is 0 Å². The van der Waals surface area contributed by atoms with Gasteiger partial charge in [0.1, 0.15) is 5.75 Å². The molecule has 6 heteroatoms. The van der Waals surface area contributed by atoms with Crippen LogP contribution in [0.2, 0.25) is 0 Å². The zero-order chi connectivity index (χ0) is 13.9. The van der Waals surface area contributed by atoms with Gasteiger partial charge in [-0.2, -0.15) is 4.80 Å². The average molecular weight is 274 g/mol. The van der Waals surface area contributed by atoms with Crippen molar-refractivity contribution in [1.29, 1.82) is 0 Å². The molecule has 0 unspecified atom stereocenters. The number of aliphatic hydroxyl groups is 1. The second kappa shape index (κ2) is 5.58. The highest BCUT2D eigenvalue weighted by molar-refractivity contribution is 5.56. The Labute approximate surface area is 117 Å². The van der Waals surface area contributed by atoms with Crippen molar-refractivity contribution in [3.05, 3.63) is 24.3 Å². The molecule has 0 bridgehead atoms. The largest absolute Gasteiger partial charge is 0.497 e.